The van der Waals surface area contributed by atoms with Crippen molar-refractivity contribution in [1.29, 1.82) is 0 Å². The highest BCUT2D eigenvalue weighted by molar-refractivity contribution is 9.10. The molecule has 0 radical (unpaired) electrons. The topological polar surface area (TPSA) is 26.0 Å². The van der Waals surface area contributed by atoms with Gasteiger partial charge >= 0.3 is 0 Å². The number of hydrogen-bond donors (Lipinski definition) is 1. The summed E-state index contributed by atoms with van der Waals surface area (Å²) in [5.41, 5.74) is 10.6. The summed E-state index contributed by atoms with van der Waals surface area (Å²) < 4.78 is 1.11. The van der Waals surface area contributed by atoms with Gasteiger partial charge in [-0.15, -0.1) is 0 Å². The predicted octanol–water partition coefficient (Wildman–Crippen LogP) is 3.93. The molecule has 2 rings (SSSR count). The van der Waals surface area contributed by atoms with Crippen molar-refractivity contribution in [3.05, 3.63) is 63.6 Å². The highest BCUT2D eigenvalue weighted by Gasteiger charge is 2.02. The summed E-state index contributed by atoms with van der Waals surface area (Å²) in [4.78, 5) is 0. The van der Waals surface area contributed by atoms with Crippen LogP contribution in [0.25, 0.3) is 0 Å². The van der Waals surface area contributed by atoms with Gasteiger partial charge in [0, 0.05) is 10.2 Å². The van der Waals surface area contributed by atoms with Crippen molar-refractivity contribution < 1.29 is 0 Å². The molecule has 0 heterocycles. The molecule has 0 unspecified atom stereocenters. The summed E-state index contributed by atoms with van der Waals surface area (Å²) in [5, 5.41) is 0. The van der Waals surface area contributed by atoms with E-state index >= 15 is 0 Å². The summed E-state index contributed by atoms with van der Waals surface area (Å²) in [6.45, 7) is 2.04. The lowest BCUT2D eigenvalue weighted by Crippen LogP contribution is -1.97. The van der Waals surface area contributed by atoms with Gasteiger partial charge < -0.3 is 5.73 Å². The standard InChI is InChI=1S/C14H14BrN/c1-10-3-2-4-12(14(10)16)9-11-5-7-13(15)8-6-11/h2-8H,9,16H2,1H3. The van der Waals surface area contributed by atoms with E-state index in [9.17, 15) is 0 Å². The monoisotopic (exact) mass is 275 g/mol. The van der Waals surface area contributed by atoms with Crippen LogP contribution < -0.4 is 5.73 Å². The number of anilines is 1. The van der Waals surface area contributed by atoms with Gasteiger partial charge in [-0.05, 0) is 42.2 Å². The molecule has 0 atom stereocenters. The first-order chi connectivity index (χ1) is 7.66. The van der Waals surface area contributed by atoms with Crippen LogP contribution in [-0.4, -0.2) is 0 Å². The molecule has 2 N–H and O–H groups in total. The van der Waals surface area contributed by atoms with Gasteiger partial charge in [0.2, 0.25) is 0 Å². The smallest absolute Gasteiger partial charge is 0.0379 e. The lowest BCUT2D eigenvalue weighted by atomic mass is 10.0. The van der Waals surface area contributed by atoms with E-state index in [0.29, 0.717) is 0 Å². The van der Waals surface area contributed by atoms with Crippen molar-refractivity contribution in [2.75, 3.05) is 5.73 Å². The quantitative estimate of drug-likeness (QED) is 0.826. The van der Waals surface area contributed by atoms with Crippen molar-refractivity contribution in [3.8, 4) is 0 Å². The van der Waals surface area contributed by atoms with Crippen molar-refractivity contribution in [1.82, 2.24) is 0 Å². The molecular weight excluding hydrogens is 262 g/mol. The van der Waals surface area contributed by atoms with Gasteiger partial charge in [0.05, 0.1) is 0 Å². The number of halogens is 1. The van der Waals surface area contributed by atoms with Crippen LogP contribution in [0.15, 0.2) is 46.9 Å². The maximum atomic E-state index is 6.05. The first kappa shape index (κ1) is 11.2. The van der Waals surface area contributed by atoms with Crippen LogP contribution in [0.5, 0.6) is 0 Å². The molecule has 16 heavy (non-hydrogen) atoms. The van der Waals surface area contributed by atoms with Crippen molar-refractivity contribution >= 4 is 21.6 Å². The molecule has 0 aliphatic rings. The van der Waals surface area contributed by atoms with Crippen molar-refractivity contribution in [2.24, 2.45) is 0 Å². The Morgan fingerprint density at radius 2 is 1.75 bits per heavy atom. The molecule has 0 amide bonds. The summed E-state index contributed by atoms with van der Waals surface area (Å²) in [5.74, 6) is 0. The minimum absolute atomic E-state index is 0.890. The van der Waals surface area contributed by atoms with Gasteiger partial charge in [0.15, 0.2) is 0 Å². The van der Waals surface area contributed by atoms with Gasteiger partial charge in [-0.3, -0.25) is 0 Å². The molecule has 0 fully saturated rings. The average Bonchev–Trinajstić information content (AvgIpc) is 2.28. The first-order valence-corrected chi connectivity index (χ1v) is 6.04. The van der Waals surface area contributed by atoms with E-state index in [1.54, 1.807) is 0 Å². The fourth-order valence-electron chi connectivity index (χ4n) is 1.72. The highest BCUT2D eigenvalue weighted by Crippen LogP contribution is 2.20. The molecule has 0 aliphatic heterocycles. The molecule has 2 aromatic rings. The molecule has 82 valence electrons. The number of para-hydroxylation sites is 1. The van der Waals surface area contributed by atoms with Crippen LogP contribution in [0.2, 0.25) is 0 Å². The van der Waals surface area contributed by atoms with E-state index in [1.165, 1.54) is 11.1 Å². The van der Waals surface area contributed by atoms with Gasteiger partial charge in [0.1, 0.15) is 0 Å². The Hall–Kier alpha value is -1.28. The van der Waals surface area contributed by atoms with Gasteiger partial charge in [-0.2, -0.15) is 0 Å². The van der Waals surface area contributed by atoms with E-state index in [2.05, 4.69) is 52.3 Å². The molecule has 2 aromatic carbocycles. The van der Waals surface area contributed by atoms with Crippen molar-refractivity contribution in [2.45, 2.75) is 13.3 Å². The SMILES string of the molecule is Cc1cccc(Cc2ccc(Br)cc2)c1N. The molecule has 0 saturated heterocycles. The zero-order chi connectivity index (χ0) is 11.5. The second-order valence-electron chi connectivity index (χ2n) is 3.95. The zero-order valence-corrected chi connectivity index (χ0v) is 10.8. The predicted molar refractivity (Wildman–Crippen MR) is 72.5 cm³/mol. The number of aryl methyl sites for hydroxylation is 1. The second kappa shape index (κ2) is 4.71. The Labute approximate surface area is 104 Å². The molecule has 0 saturated carbocycles. The normalized spacial score (nSPS) is 10.4. The fourth-order valence-corrected chi connectivity index (χ4v) is 1.98. The Bertz CT molecular complexity index is 489. The van der Waals surface area contributed by atoms with E-state index in [0.717, 1.165) is 22.1 Å². The Morgan fingerprint density at radius 1 is 1.06 bits per heavy atom. The molecule has 2 heteroatoms. The Morgan fingerprint density at radius 3 is 2.44 bits per heavy atom. The van der Waals surface area contributed by atoms with Crippen LogP contribution in [-0.2, 0) is 6.42 Å². The maximum Gasteiger partial charge on any atom is 0.0379 e. The first-order valence-electron chi connectivity index (χ1n) is 5.25. The third kappa shape index (κ3) is 2.45. The van der Waals surface area contributed by atoms with Gasteiger partial charge in [0.25, 0.3) is 0 Å². The van der Waals surface area contributed by atoms with E-state index in [-0.39, 0.29) is 0 Å². The number of nitrogen functional groups attached to an aromatic ring is 1. The van der Waals surface area contributed by atoms with E-state index in [1.807, 2.05) is 13.0 Å². The van der Waals surface area contributed by atoms with Gasteiger partial charge in [-0.25, -0.2) is 0 Å². The third-order valence-electron chi connectivity index (χ3n) is 2.72. The van der Waals surface area contributed by atoms with Crippen LogP contribution in [0.4, 0.5) is 5.69 Å². The molecule has 0 spiro atoms. The van der Waals surface area contributed by atoms with Crippen LogP contribution in [0.1, 0.15) is 16.7 Å². The highest BCUT2D eigenvalue weighted by atomic mass is 79.9. The van der Waals surface area contributed by atoms with E-state index in [4.69, 9.17) is 5.73 Å². The summed E-state index contributed by atoms with van der Waals surface area (Å²) >= 11 is 3.43. The minimum atomic E-state index is 0.890. The van der Waals surface area contributed by atoms with E-state index < -0.39 is 0 Å². The molecular formula is C14H14BrN. The zero-order valence-electron chi connectivity index (χ0n) is 9.20. The largest absolute Gasteiger partial charge is 0.398 e. The average molecular weight is 276 g/mol. The lowest BCUT2D eigenvalue weighted by Gasteiger charge is -2.08. The Kier molecular flexibility index (Phi) is 3.30. The minimum Gasteiger partial charge on any atom is -0.398 e. The van der Waals surface area contributed by atoms with Crippen LogP contribution in [0, 0.1) is 6.92 Å². The van der Waals surface area contributed by atoms with Crippen LogP contribution >= 0.6 is 15.9 Å². The van der Waals surface area contributed by atoms with Crippen LogP contribution in [0.3, 0.4) is 0 Å². The molecule has 0 bridgehead atoms. The number of nitrogens with two attached hydrogens (primary N) is 1. The summed E-state index contributed by atoms with van der Waals surface area (Å²) in [6, 6.07) is 14.5. The number of rotatable bonds is 2. The molecule has 0 aliphatic carbocycles. The second-order valence-corrected chi connectivity index (χ2v) is 4.87. The summed E-state index contributed by atoms with van der Waals surface area (Å²) in [6.07, 6.45) is 0.890. The number of hydrogen-bond acceptors (Lipinski definition) is 1. The third-order valence-corrected chi connectivity index (χ3v) is 3.25. The lowest BCUT2D eigenvalue weighted by molar-refractivity contribution is 1.18. The Balaban J connectivity index is 2.27. The summed E-state index contributed by atoms with van der Waals surface area (Å²) in [7, 11) is 0. The fraction of sp³-hybridized carbons (Fsp3) is 0.143. The van der Waals surface area contributed by atoms with Crippen molar-refractivity contribution in [3.63, 3.8) is 0 Å². The maximum absolute atomic E-state index is 6.05. The molecule has 0 aromatic heterocycles. The van der Waals surface area contributed by atoms with Gasteiger partial charge in [-0.1, -0.05) is 46.3 Å². The molecule has 1 nitrogen and oxygen atoms in total. The number of benzene rings is 2.